The zero-order valence-corrected chi connectivity index (χ0v) is 11.0. The second-order valence-corrected chi connectivity index (χ2v) is 5.57. The molecule has 1 N–H and O–H groups in total. The van der Waals surface area contributed by atoms with Gasteiger partial charge in [-0.25, -0.2) is 0 Å². The highest BCUT2D eigenvalue weighted by Crippen LogP contribution is 2.28. The van der Waals surface area contributed by atoms with E-state index in [1.165, 1.54) is 12.1 Å². The van der Waals surface area contributed by atoms with Gasteiger partial charge in [0.25, 0.3) is 0 Å². The molecule has 2 aliphatic heterocycles. The molecule has 2 fully saturated rings. The SMILES string of the molecule is FC(F)(F)Oc1cccc(CN2C[C@H]3CNC[C@H]3C2)c1. The quantitative estimate of drug-likeness (QED) is 0.922. The monoisotopic (exact) mass is 286 g/mol. The molecule has 2 aliphatic rings. The molecule has 0 aliphatic carbocycles. The molecule has 2 saturated heterocycles. The topological polar surface area (TPSA) is 24.5 Å². The summed E-state index contributed by atoms with van der Waals surface area (Å²) >= 11 is 0. The third-order valence-electron chi connectivity index (χ3n) is 4.00. The molecule has 0 aromatic heterocycles. The van der Waals surface area contributed by atoms with Crippen molar-refractivity contribution in [3.8, 4) is 5.75 Å². The van der Waals surface area contributed by atoms with E-state index < -0.39 is 6.36 Å². The van der Waals surface area contributed by atoms with Gasteiger partial charge >= 0.3 is 6.36 Å². The maximum Gasteiger partial charge on any atom is 0.573 e. The number of likely N-dealkylation sites (tertiary alicyclic amines) is 1. The van der Waals surface area contributed by atoms with Crippen LogP contribution in [0.4, 0.5) is 13.2 Å². The van der Waals surface area contributed by atoms with Gasteiger partial charge < -0.3 is 10.1 Å². The Morgan fingerprint density at radius 2 is 1.90 bits per heavy atom. The fourth-order valence-electron chi connectivity index (χ4n) is 3.18. The molecule has 0 saturated carbocycles. The zero-order chi connectivity index (χ0) is 14.2. The molecule has 0 bridgehead atoms. The number of hydrogen-bond donors (Lipinski definition) is 1. The molecule has 110 valence electrons. The molecule has 0 amide bonds. The second-order valence-electron chi connectivity index (χ2n) is 5.57. The summed E-state index contributed by atoms with van der Waals surface area (Å²) in [7, 11) is 0. The first-order valence-electron chi connectivity index (χ1n) is 6.77. The van der Waals surface area contributed by atoms with E-state index >= 15 is 0 Å². The van der Waals surface area contributed by atoms with E-state index in [2.05, 4.69) is 15.0 Å². The lowest BCUT2D eigenvalue weighted by Crippen LogP contribution is -2.25. The molecule has 2 heterocycles. The number of nitrogens with one attached hydrogen (secondary N) is 1. The van der Waals surface area contributed by atoms with Crippen molar-refractivity contribution in [2.24, 2.45) is 11.8 Å². The zero-order valence-electron chi connectivity index (χ0n) is 11.0. The van der Waals surface area contributed by atoms with E-state index in [9.17, 15) is 13.2 Å². The lowest BCUT2D eigenvalue weighted by Gasteiger charge is -2.17. The molecule has 3 nitrogen and oxygen atoms in total. The fraction of sp³-hybridized carbons (Fsp3) is 0.571. The molecule has 20 heavy (non-hydrogen) atoms. The minimum absolute atomic E-state index is 0.143. The fourth-order valence-corrected chi connectivity index (χ4v) is 3.18. The number of hydrogen-bond acceptors (Lipinski definition) is 3. The predicted octanol–water partition coefficient (Wildman–Crippen LogP) is 2.24. The van der Waals surface area contributed by atoms with Gasteiger partial charge in [0.1, 0.15) is 5.75 Å². The van der Waals surface area contributed by atoms with Crippen LogP contribution in [0.2, 0.25) is 0 Å². The van der Waals surface area contributed by atoms with Crippen LogP contribution in [0.15, 0.2) is 24.3 Å². The van der Waals surface area contributed by atoms with Crippen molar-refractivity contribution in [2.75, 3.05) is 26.2 Å². The van der Waals surface area contributed by atoms with Crippen LogP contribution in [-0.4, -0.2) is 37.4 Å². The molecule has 1 aromatic carbocycles. The second kappa shape index (κ2) is 5.26. The van der Waals surface area contributed by atoms with E-state index in [0.29, 0.717) is 18.4 Å². The van der Waals surface area contributed by atoms with Crippen LogP contribution in [-0.2, 0) is 6.54 Å². The number of halogens is 3. The van der Waals surface area contributed by atoms with Gasteiger partial charge in [-0.15, -0.1) is 13.2 Å². The first-order valence-corrected chi connectivity index (χ1v) is 6.77. The summed E-state index contributed by atoms with van der Waals surface area (Å²) < 4.78 is 40.5. The molecular weight excluding hydrogens is 269 g/mol. The first kappa shape index (κ1) is 13.7. The minimum Gasteiger partial charge on any atom is -0.406 e. The maximum absolute atomic E-state index is 12.2. The predicted molar refractivity (Wildman–Crippen MR) is 68.3 cm³/mol. The van der Waals surface area contributed by atoms with Crippen molar-refractivity contribution < 1.29 is 17.9 Å². The highest BCUT2D eigenvalue weighted by Gasteiger charge is 2.36. The number of fused-ring (bicyclic) bond motifs is 1. The molecule has 6 heteroatoms. The molecule has 1 aromatic rings. The van der Waals surface area contributed by atoms with E-state index in [-0.39, 0.29) is 5.75 Å². The van der Waals surface area contributed by atoms with E-state index in [1.807, 2.05) is 6.07 Å². The first-order chi connectivity index (χ1) is 9.49. The van der Waals surface area contributed by atoms with Crippen LogP contribution in [0.5, 0.6) is 5.75 Å². The number of rotatable bonds is 3. The summed E-state index contributed by atoms with van der Waals surface area (Å²) in [6, 6.07) is 6.25. The van der Waals surface area contributed by atoms with Gasteiger partial charge in [0.2, 0.25) is 0 Å². The van der Waals surface area contributed by atoms with Crippen LogP contribution >= 0.6 is 0 Å². The third-order valence-corrected chi connectivity index (χ3v) is 4.00. The van der Waals surface area contributed by atoms with Crippen molar-refractivity contribution >= 4 is 0 Å². The summed E-state index contributed by atoms with van der Waals surface area (Å²) in [5.41, 5.74) is 0.861. The molecule has 0 unspecified atom stereocenters. The Bertz CT molecular complexity index is 466. The lowest BCUT2D eigenvalue weighted by atomic mass is 10.0. The number of benzene rings is 1. The lowest BCUT2D eigenvalue weighted by molar-refractivity contribution is -0.274. The molecule has 0 radical (unpaired) electrons. The molecule has 2 atom stereocenters. The van der Waals surface area contributed by atoms with Gasteiger partial charge in [-0.3, -0.25) is 4.90 Å². The van der Waals surface area contributed by atoms with Gasteiger partial charge in [0, 0.05) is 19.6 Å². The number of alkyl halides is 3. The standard InChI is InChI=1S/C14H17F3N2O/c15-14(16,17)20-13-3-1-2-10(4-13)7-19-8-11-5-18-6-12(11)9-19/h1-4,11-12,18H,5-9H2/t11-,12+. The largest absolute Gasteiger partial charge is 0.573 e. The summed E-state index contributed by atoms with van der Waals surface area (Å²) in [5, 5.41) is 3.37. The van der Waals surface area contributed by atoms with Gasteiger partial charge in [-0.05, 0) is 42.6 Å². The van der Waals surface area contributed by atoms with Crippen molar-refractivity contribution in [3.05, 3.63) is 29.8 Å². The summed E-state index contributed by atoms with van der Waals surface area (Å²) in [6.07, 6.45) is -4.63. The van der Waals surface area contributed by atoms with Gasteiger partial charge in [0.05, 0.1) is 0 Å². The highest BCUT2D eigenvalue weighted by molar-refractivity contribution is 5.28. The summed E-state index contributed by atoms with van der Waals surface area (Å²) in [6.45, 7) is 4.82. The Kier molecular flexibility index (Phi) is 3.60. The maximum atomic E-state index is 12.2. The smallest absolute Gasteiger partial charge is 0.406 e. The van der Waals surface area contributed by atoms with Crippen LogP contribution in [0.1, 0.15) is 5.56 Å². The molecule has 0 spiro atoms. The third kappa shape index (κ3) is 3.24. The van der Waals surface area contributed by atoms with Gasteiger partial charge in [-0.1, -0.05) is 12.1 Å². The van der Waals surface area contributed by atoms with Crippen molar-refractivity contribution in [2.45, 2.75) is 12.9 Å². The molecule has 3 rings (SSSR count). The number of ether oxygens (including phenoxy) is 1. The van der Waals surface area contributed by atoms with Gasteiger partial charge in [0.15, 0.2) is 0 Å². The van der Waals surface area contributed by atoms with E-state index in [4.69, 9.17) is 0 Å². The Morgan fingerprint density at radius 1 is 1.20 bits per heavy atom. The van der Waals surface area contributed by atoms with E-state index in [1.54, 1.807) is 6.07 Å². The van der Waals surface area contributed by atoms with Crippen molar-refractivity contribution in [1.82, 2.24) is 10.2 Å². The van der Waals surface area contributed by atoms with Gasteiger partial charge in [-0.2, -0.15) is 0 Å². The Labute approximate surface area is 115 Å². The Hall–Kier alpha value is -1.27. The van der Waals surface area contributed by atoms with Crippen molar-refractivity contribution in [1.29, 1.82) is 0 Å². The Morgan fingerprint density at radius 3 is 2.55 bits per heavy atom. The van der Waals surface area contributed by atoms with Crippen LogP contribution in [0, 0.1) is 11.8 Å². The minimum atomic E-state index is -4.63. The summed E-state index contributed by atoms with van der Waals surface area (Å²) in [5.74, 6) is 1.23. The van der Waals surface area contributed by atoms with Crippen LogP contribution < -0.4 is 10.1 Å². The normalized spacial score (nSPS) is 26.8. The summed E-state index contributed by atoms with van der Waals surface area (Å²) in [4.78, 5) is 2.31. The average molecular weight is 286 g/mol. The molecular formula is C14H17F3N2O. The number of nitrogens with zero attached hydrogens (tertiary/aromatic N) is 1. The average Bonchev–Trinajstić information content (AvgIpc) is 2.87. The van der Waals surface area contributed by atoms with E-state index in [0.717, 1.165) is 31.7 Å². The van der Waals surface area contributed by atoms with Crippen LogP contribution in [0.3, 0.4) is 0 Å². The van der Waals surface area contributed by atoms with Crippen LogP contribution in [0.25, 0.3) is 0 Å². The van der Waals surface area contributed by atoms with Crippen molar-refractivity contribution in [3.63, 3.8) is 0 Å². The Balaban J connectivity index is 1.62. The highest BCUT2D eigenvalue weighted by atomic mass is 19.4.